The quantitative estimate of drug-likeness (QED) is 0.793. The van der Waals surface area contributed by atoms with E-state index < -0.39 is 0 Å². The average Bonchev–Trinajstić information content (AvgIpc) is 2.78. The molecule has 1 aromatic heterocycles. The lowest BCUT2D eigenvalue weighted by molar-refractivity contribution is -0.00546. The molecule has 7 heteroatoms. The Labute approximate surface area is 182 Å². The van der Waals surface area contributed by atoms with Gasteiger partial charge in [0.15, 0.2) is 0 Å². The summed E-state index contributed by atoms with van der Waals surface area (Å²) in [7, 11) is 0. The number of nitrogens with zero attached hydrogens (tertiary/aromatic N) is 2. The molecule has 2 aliphatic rings. The number of morpholine rings is 1. The van der Waals surface area contributed by atoms with Crippen molar-refractivity contribution in [1.29, 1.82) is 0 Å². The minimum absolute atomic E-state index is 0.149. The summed E-state index contributed by atoms with van der Waals surface area (Å²) in [5, 5.41) is 3.07. The van der Waals surface area contributed by atoms with Crippen molar-refractivity contribution in [2.45, 2.75) is 44.3 Å². The highest BCUT2D eigenvalue weighted by Gasteiger charge is 2.35. The summed E-state index contributed by atoms with van der Waals surface area (Å²) in [4.78, 5) is 19.5. The minimum Gasteiger partial charge on any atom is -0.381 e. The zero-order chi connectivity index (χ0) is 21.8. The standard InChI is InChI=1S/C24H30FN3O3/c1-17-14-28(15-18(2)31-17)22-8-3-19(13-26-22)23(29)27-16-24(9-11-30-12-10-24)20-4-6-21(25)7-5-20/h3-8,13,17-18H,9-12,14-16H2,1-2H3,(H,27,29)/t17-,18+. The lowest BCUT2D eigenvalue weighted by atomic mass is 9.74. The first kappa shape index (κ1) is 21.7. The van der Waals surface area contributed by atoms with Crippen LogP contribution in [-0.4, -0.2) is 55.9 Å². The van der Waals surface area contributed by atoms with Crippen LogP contribution in [0.2, 0.25) is 0 Å². The van der Waals surface area contributed by atoms with Gasteiger partial charge in [0.2, 0.25) is 0 Å². The maximum absolute atomic E-state index is 13.4. The molecule has 4 rings (SSSR count). The van der Waals surface area contributed by atoms with E-state index in [0.29, 0.717) is 25.3 Å². The highest BCUT2D eigenvalue weighted by Crippen LogP contribution is 2.34. The van der Waals surface area contributed by atoms with Gasteiger partial charge in [-0.05, 0) is 56.5 Å². The first-order valence-corrected chi connectivity index (χ1v) is 10.9. The number of amides is 1. The molecule has 0 aliphatic carbocycles. The van der Waals surface area contributed by atoms with Crippen LogP contribution in [-0.2, 0) is 14.9 Å². The summed E-state index contributed by atoms with van der Waals surface area (Å²) in [5.41, 5.74) is 1.30. The molecule has 1 aromatic carbocycles. The lowest BCUT2D eigenvalue weighted by Crippen LogP contribution is -2.46. The molecule has 2 saturated heterocycles. The van der Waals surface area contributed by atoms with E-state index in [1.807, 2.05) is 24.3 Å². The van der Waals surface area contributed by atoms with Crippen LogP contribution in [0.5, 0.6) is 0 Å². The molecule has 1 amide bonds. The molecule has 166 valence electrons. The van der Waals surface area contributed by atoms with Crippen molar-refractivity contribution < 1.29 is 18.7 Å². The molecule has 31 heavy (non-hydrogen) atoms. The number of carbonyl (C=O) groups excluding carboxylic acids is 1. The second kappa shape index (κ2) is 9.32. The van der Waals surface area contributed by atoms with E-state index in [4.69, 9.17) is 9.47 Å². The van der Waals surface area contributed by atoms with Crippen molar-refractivity contribution in [3.63, 3.8) is 0 Å². The van der Waals surface area contributed by atoms with Crippen molar-refractivity contribution in [2.75, 3.05) is 37.7 Å². The van der Waals surface area contributed by atoms with E-state index in [2.05, 4.69) is 29.0 Å². The van der Waals surface area contributed by atoms with Gasteiger partial charge in [-0.25, -0.2) is 9.37 Å². The van der Waals surface area contributed by atoms with Crippen LogP contribution in [0.4, 0.5) is 10.2 Å². The van der Waals surface area contributed by atoms with Gasteiger partial charge in [0, 0.05) is 44.5 Å². The monoisotopic (exact) mass is 427 g/mol. The fraction of sp³-hybridized carbons (Fsp3) is 0.500. The van der Waals surface area contributed by atoms with Crippen molar-refractivity contribution in [2.24, 2.45) is 0 Å². The summed E-state index contributed by atoms with van der Waals surface area (Å²) in [5.74, 6) is 0.437. The van der Waals surface area contributed by atoms with Gasteiger partial charge in [0.1, 0.15) is 11.6 Å². The van der Waals surface area contributed by atoms with Crippen molar-refractivity contribution in [1.82, 2.24) is 10.3 Å². The van der Waals surface area contributed by atoms with Crippen molar-refractivity contribution in [3.05, 3.63) is 59.5 Å². The van der Waals surface area contributed by atoms with E-state index in [9.17, 15) is 9.18 Å². The number of benzene rings is 1. The zero-order valence-electron chi connectivity index (χ0n) is 18.1. The number of hydrogen-bond donors (Lipinski definition) is 1. The Morgan fingerprint density at radius 3 is 2.42 bits per heavy atom. The smallest absolute Gasteiger partial charge is 0.252 e. The molecule has 2 fully saturated rings. The van der Waals surface area contributed by atoms with Crippen molar-refractivity contribution in [3.8, 4) is 0 Å². The zero-order valence-corrected chi connectivity index (χ0v) is 18.1. The second-order valence-electron chi connectivity index (χ2n) is 8.65. The van der Waals surface area contributed by atoms with Gasteiger partial charge in [-0.3, -0.25) is 4.79 Å². The van der Waals surface area contributed by atoms with Crippen molar-refractivity contribution >= 4 is 11.7 Å². The van der Waals surface area contributed by atoms with Gasteiger partial charge in [-0.2, -0.15) is 0 Å². The molecule has 0 radical (unpaired) electrons. The predicted octanol–water partition coefficient (Wildman–Crippen LogP) is 3.31. The van der Waals surface area contributed by atoms with Crippen LogP contribution in [0.3, 0.4) is 0 Å². The van der Waals surface area contributed by atoms with Gasteiger partial charge in [-0.1, -0.05) is 12.1 Å². The number of pyridine rings is 1. The first-order valence-electron chi connectivity index (χ1n) is 10.9. The van der Waals surface area contributed by atoms with E-state index in [1.54, 1.807) is 6.20 Å². The van der Waals surface area contributed by atoms with E-state index in [0.717, 1.165) is 37.3 Å². The van der Waals surface area contributed by atoms with E-state index >= 15 is 0 Å². The van der Waals surface area contributed by atoms with Gasteiger partial charge in [0.05, 0.1) is 17.8 Å². The first-order chi connectivity index (χ1) is 14.9. The SMILES string of the molecule is C[C@@H]1CN(c2ccc(C(=O)NCC3(c4ccc(F)cc4)CCOCC3)cn2)C[C@H](C)O1. The molecule has 0 spiro atoms. The fourth-order valence-corrected chi connectivity index (χ4v) is 4.56. The Morgan fingerprint density at radius 1 is 1.13 bits per heavy atom. The second-order valence-corrected chi connectivity index (χ2v) is 8.65. The predicted molar refractivity (Wildman–Crippen MR) is 117 cm³/mol. The highest BCUT2D eigenvalue weighted by atomic mass is 19.1. The molecule has 0 bridgehead atoms. The summed E-state index contributed by atoms with van der Waals surface area (Å²) < 4.78 is 24.7. The number of aromatic nitrogens is 1. The number of rotatable bonds is 5. The normalized spacial score (nSPS) is 23.4. The molecule has 2 atom stereocenters. The number of ether oxygens (including phenoxy) is 2. The fourth-order valence-electron chi connectivity index (χ4n) is 4.56. The van der Waals surface area contributed by atoms with Gasteiger partial charge in [0.25, 0.3) is 5.91 Å². The molecule has 0 unspecified atom stereocenters. The van der Waals surface area contributed by atoms with Gasteiger partial charge in [-0.15, -0.1) is 0 Å². The Kier molecular flexibility index (Phi) is 6.53. The van der Waals surface area contributed by atoms with Crippen LogP contribution in [0.1, 0.15) is 42.6 Å². The maximum atomic E-state index is 13.4. The Hall–Kier alpha value is -2.51. The van der Waals surface area contributed by atoms with Crippen LogP contribution >= 0.6 is 0 Å². The Bertz CT molecular complexity index is 872. The minimum atomic E-state index is -0.259. The summed E-state index contributed by atoms with van der Waals surface area (Å²) in [6, 6.07) is 10.3. The lowest BCUT2D eigenvalue weighted by Gasteiger charge is -2.38. The third kappa shape index (κ3) is 5.05. The Morgan fingerprint density at radius 2 is 1.81 bits per heavy atom. The highest BCUT2D eigenvalue weighted by molar-refractivity contribution is 5.94. The topological polar surface area (TPSA) is 63.7 Å². The van der Waals surface area contributed by atoms with Crippen LogP contribution in [0, 0.1) is 5.82 Å². The van der Waals surface area contributed by atoms with Gasteiger partial charge >= 0.3 is 0 Å². The average molecular weight is 428 g/mol. The third-order valence-electron chi connectivity index (χ3n) is 6.25. The summed E-state index contributed by atoms with van der Waals surface area (Å²) in [6.45, 7) is 7.40. The molecule has 6 nitrogen and oxygen atoms in total. The summed E-state index contributed by atoms with van der Waals surface area (Å²) >= 11 is 0. The number of carbonyl (C=O) groups is 1. The van der Waals surface area contributed by atoms with E-state index in [1.165, 1.54) is 12.1 Å². The number of nitrogens with one attached hydrogen (secondary N) is 1. The van der Waals surface area contributed by atoms with E-state index in [-0.39, 0.29) is 29.3 Å². The molecular formula is C24H30FN3O3. The molecular weight excluding hydrogens is 397 g/mol. The third-order valence-corrected chi connectivity index (χ3v) is 6.25. The number of anilines is 1. The molecule has 3 heterocycles. The summed E-state index contributed by atoms with van der Waals surface area (Å²) in [6.07, 6.45) is 3.49. The van der Waals surface area contributed by atoms with Crippen LogP contribution < -0.4 is 10.2 Å². The van der Waals surface area contributed by atoms with Crippen LogP contribution in [0.15, 0.2) is 42.6 Å². The maximum Gasteiger partial charge on any atom is 0.252 e. The molecule has 2 aliphatic heterocycles. The largest absolute Gasteiger partial charge is 0.381 e. The van der Waals surface area contributed by atoms with Gasteiger partial charge < -0.3 is 19.7 Å². The number of hydrogen-bond acceptors (Lipinski definition) is 5. The molecule has 0 saturated carbocycles. The molecule has 1 N–H and O–H groups in total. The molecule has 2 aromatic rings. The van der Waals surface area contributed by atoms with Crippen LogP contribution in [0.25, 0.3) is 0 Å². The number of halogens is 1. The Balaban J connectivity index is 1.43.